The molecule has 0 aliphatic carbocycles. The van der Waals surface area contributed by atoms with Gasteiger partial charge in [-0.3, -0.25) is 0 Å². The molecule has 0 heterocycles. The minimum Gasteiger partial charge on any atom is -0.507 e. The van der Waals surface area contributed by atoms with Gasteiger partial charge in [0.25, 0.3) is 0 Å². The van der Waals surface area contributed by atoms with Crippen molar-refractivity contribution in [3.63, 3.8) is 0 Å². The highest BCUT2D eigenvalue weighted by atomic mass is 16.6. The highest BCUT2D eigenvalue weighted by molar-refractivity contribution is 5.92. The first-order valence-electron chi connectivity index (χ1n) is 9.91. The first-order valence-corrected chi connectivity index (χ1v) is 9.91. The van der Waals surface area contributed by atoms with E-state index < -0.39 is 11.6 Å². The minimum atomic E-state index is -0.634. The Kier molecular flexibility index (Phi) is 7.48. The van der Waals surface area contributed by atoms with Crippen molar-refractivity contribution in [1.29, 1.82) is 0 Å². The predicted octanol–water partition coefficient (Wildman–Crippen LogP) is 5.07. The van der Waals surface area contributed by atoms with E-state index in [1.807, 2.05) is 12.1 Å². The van der Waals surface area contributed by atoms with Gasteiger partial charge in [-0.1, -0.05) is 50.2 Å². The van der Waals surface area contributed by atoms with E-state index in [4.69, 9.17) is 14.3 Å². The molecule has 0 aliphatic heterocycles. The number of esters is 1. The second-order valence-electron chi connectivity index (χ2n) is 8.97. The Labute approximate surface area is 178 Å². The molecule has 0 saturated carbocycles. The summed E-state index contributed by atoms with van der Waals surface area (Å²) >= 11 is 0. The van der Waals surface area contributed by atoms with Gasteiger partial charge >= 0.3 is 5.97 Å². The van der Waals surface area contributed by atoms with E-state index in [0.29, 0.717) is 5.75 Å². The second-order valence-corrected chi connectivity index (χ2v) is 8.97. The molecule has 0 aromatic heterocycles. The van der Waals surface area contributed by atoms with Gasteiger partial charge in [0.05, 0.1) is 6.21 Å². The first kappa shape index (κ1) is 23.3. The van der Waals surface area contributed by atoms with E-state index in [-0.39, 0.29) is 29.9 Å². The van der Waals surface area contributed by atoms with Crippen molar-refractivity contribution in [2.45, 2.75) is 52.6 Å². The Bertz CT molecular complexity index is 874. The summed E-state index contributed by atoms with van der Waals surface area (Å²) in [5, 5.41) is 14.0. The van der Waals surface area contributed by atoms with E-state index in [9.17, 15) is 9.90 Å². The molecule has 2 aromatic carbocycles. The number of benzene rings is 2. The van der Waals surface area contributed by atoms with Crippen LogP contribution in [0.5, 0.6) is 11.5 Å². The number of carbonyl (C=O) groups excluding carboxylic acids is 1. The van der Waals surface area contributed by atoms with Crippen LogP contribution in [0.4, 0.5) is 0 Å². The molecule has 0 radical (unpaired) electrons. The summed E-state index contributed by atoms with van der Waals surface area (Å²) in [5.41, 5.74) is 1.78. The van der Waals surface area contributed by atoms with Crippen molar-refractivity contribution in [2.75, 3.05) is 13.2 Å². The number of hydrogen-bond donors (Lipinski definition) is 1. The summed E-state index contributed by atoms with van der Waals surface area (Å²) in [6.07, 6.45) is 1.65. The largest absolute Gasteiger partial charge is 0.507 e. The van der Waals surface area contributed by atoms with E-state index in [2.05, 4.69) is 38.1 Å². The zero-order valence-electron chi connectivity index (χ0n) is 18.6. The highest BCUT2D eigenvalue weighted by Gasteiger charge is 2.20. The molecule has 0 aliphatic rings. The number of nitrogens with zero attached hydrogens (tertiary/aromatic N) is 1. The Morgan fingerprint density at radius 2 is 1.67 bits per heavy atom. The number of phenolic OH excluding ortho intramolecular Hbond substituents is 1. The van der Waals surface area contributed by atoms with Gasteiger partial charge in [-0.05, 0) is 49.4 Å². The highest BCUT2D eigenvalue weighted by Crippen LogP contribution is 2.26. The van der Waals surface area contributed by atoms with Crippen molar-refractivity contribution < 1.29 is 24.2 Å². The van der Waals surface area contributed by atoms with E-state index in [1.165, 1.54) is 17.7 Å². The quantitative estimate of drug-likeness (QED) is 0.297. The molecular weight excluding hydrogens is 382 g/mol. The third kappa shape index (κ3) is 7.43. The number of hydrogen-bond acceptors (Lipinski definition) is 6. The van der Waals surface area contributed by atoms with Crippen molar-refractivity contribution >= 4 is 12.2 Å². The van der Waals surface area contributed by atoms with Crippen molar-refractivity contribution in [1.82, 2.24) is 0 Å². The van der Waals surface area contributed by atoms with Gasteiger partial charge in [0.1, 0.15) is 29.3 Å². The lowest BCUT2D eigenvalue weighted by molar-refractivity contribution is 0.00667. The van der Waals surface area contributed by atoms with Crippen LogP contribution in [0.3, 0.4) is 0 Å². The molecule has 0 bridgehead atoms. The van der Waals surface area contributed by atoms with Gasteiger partial charge in [0.15, 0.2) is 6.61 Å². The average molecular weight is 414 g/mol. The van der Waals surface area contributed by atoms with Crippen LogP contribution in [0.2, 0.25) is 0 Å². The predicted molar refractivity (Wildman–Crippen MR) is 117 cm³/mol. The Morgan fingerprint density at radius 1 is 1.00 bits per heavy atom. The fourth-order valence-corrected chi connectivity index (χ4v) is 2.52. The van der Waals surface area contributed by atoms with Crippen molar-refractivity contribution in [3.05, 3.63) is 59.2 Å². The van der Waals surface area contributed by atoms with Gasteiger partial charge in [-0.2, -0.15) is 0 Å². The standard InChI is InChI=1S/C24H31NO5/c1-23(2,3)18-9-7-17(8-10-18)16-25-29-14-13-28-19-11-12-20(21(26)15-19)22(27)30-24(4,5)6/h7-12,15-16,26H,13-14H2,1-6H3/b25-16+. The zero-order valence-corrected chi connectivity index (χ0v) is 18.6. The van der Waals surface area contributed by atoms with Crippen LogP contribution in [0.25, 0.3) is 0 Å². The molecule has 162 valence electrons. The molecule has 30 heavy (non-hydrogen) atoms. The summed E-state index contributed by atoms with van der Waals surface area (Å²) in [4.78, 5) is 17.3. The average Bonchev–Trinajstić information content (AvgIpc) is 2.62. The smallest absolute Gasteiger partial charge is 0.342 e. The number of phenols is 1. The molecule has 2 aromatic rings. The molecule has 2 rings (SSSR count). The van der Waals surface area contributed by atoms with Crippen LogP contribution in [0, 0.1) is 0 Å². The lowest BCUT2D eigenvalue weighted by Gasteiger charge is -2.19. The van der Waals surface area contributed by atoms with Gasteiger partial charge in [0, 0.05) is 6.07 Å². The van der Waals surface area contributed by atoms with Crippen LogP contribution in [-0.4, -0.2) is 36.1 Å². The molecule has 0 unspecified atom stereocenters. The van der Waals surface area contributed by atoms with E-state index >= 15 is 0 Å². The van der Waals surface area contributed by atoms with E-state index in [1.54, 1.807) is 33.1 Å². The maximum atomic E-state index is 12.1. The van der Waals surface area contributed by atoms with Crippen LogP contribution < -0.4 is 4.74 Å². The molecule has 6 nitrogen and oxygen atoms in total. The lowest BCUT2D eigenvalue weighted by atomic mass is 9.87. The van der Waals surface area contributed by atoms with Gasteiger partial charge in [0.2, 0.25) is 0 Å². The van der Waals surface area contributed by atoms with Gasteiger partial charge in [-0.25, -0.2) is 4.79 Å². The Balaban J connectivity index is 1.78. The zero-order chi connectivity index (χ0) is 22.4. The third-order valence-electron chi connectivity index (χ3n) is 4.08. The van der Waals surface area contributed by atoms with Crippen LogP contribution in [-0.2, 0) is 15.0 Å². The van der Waals surface area contributed by atoms with Crippen molar-refractivity contribution in [2.24, 2.45) is 5.16 Å². The molecule has 0 spiro atoms. The normalized spacial score (nSPS) is 12.1. The first-order chi connectivity index (χ1) is 14.0. The van der Waals surface area contributed by atoms with Crippen molar-refractivity contribution in [3.8, 4) is 11.5 Å². The van der Waals surface area contributed by atoms with Gasteiger partial charge < -0.3 is 19.4 Å². The fraction of sp³-hybridized carbons (Fsp3) is 0.417. The molecule has 6 heteroatoms. The molecule has 0 saturated heterocycles. The number of oxime groups is 1. The summed E-state index contributed by atoms with van der Waals surface area (Å²) < 4.78 is 10.8. The molecule has 0 fully saturated rings. The monoisotopic (exact) mass is 413 g/mol. The SMILES string of the molecule is CC(C)(C)OC(=O)c1ccc(OCCO/N=C/c2ccc(C(C)(C)C)cc2)cc1O. The molecule has 0 amide bonds. The number of aromatic hydroxyl groups is 1. The Hall–Kier alpha value is -3.02. The molecule has 0 atom stereocenters. The summed E-state index contributed by atoms with van der Waals surface area (Å²) in [6.45, 7) is 12.3. The van der Waals surface area contributed by atoms with Gasteiger partial charge in [-0.15, -0.1) is 0 Å². The summed E-state index contributed by atoms with van der Waals surface area (Å²) in [6, 6.07) is 12.6. The minimum absolute atomic E-state index is 0.0932. The Morgan fingerprint density at radius 3 is 2.23 bits per heavy atom. The van der Waals surface area contributed by atoms with E-state index in [0.717, 1.165) is 5.56 Å². The number of ether oxygens (including phenoxy) is 2. The summed E-state index contributed by atoms with van der Waals surface area (Å²) in [7, 11) is 0. The number of carbonyl (C=O) groups is 1. The fourth-order valence-electron chi connectivity index (χ4n) is 2.52. The maximum absolute atomic E-state index is 12.1. The third-order valence-corrected chi connectivity index (χ3v) is 4.08. The number of rotatable bonds is 7. The summed E-state index contributed by atoms with van der Waals surface area (Å²) in [5.74, 6) is -0.357. The maximum Gasteiger partial charge on any atom is 0.342 e. The molecule has 1 N–H and O–H groups in total. The second kappa shape index (κ2) is 9.65. The van der Waals surface area contributed by atoms with Crippen LogP contribution >= 0.6 is 0 Å². The van der Waals surface area contributed by atoms with Crippen LogP contribution in [0.15, 0.2) is 47.6 Å². The lowest BCUT2D eigenvalue weighted by Crippen LogP contribution is -2.23. The van der Waals surface area contributed by atoms with Crippen LogP contribution in [0.1, 0.15) is 63.0 Å². The topological polar surface area (TPSA) is 77.4 Å². The molecular formula is C24H31NO5.